The number of amides is 2. The van der Waals surface area contributed by atoms with Crippen molar-refractivity contribution in [1.82, 2.24) is 5.32 Å². The summed E-state index contributed by atoms with van der Waals surface area (Å²) in [5.74, 6) is -0.877. The molecule has 6 heteroatoms. The lowest BCUT2D eigenvalue weighted by molar-refractivity contribution is -0.119. The maximum absolute atomic E-state index is 12.3. The van der Waals surface area contributed by atoms with Gasteiger partial charge in [-0.25, -0.2) is 4.79 Å². The lowest BCUT2D eigenvalue weighted by Gasteiger charge is -2.11. The predicted octanol–water partition coefficient (Wildman–Crippen LogP) is 3.39. The minimum absolute atomic E-state index is 0.0293. The number of nitrogens with one attached hydrogen (secondary N) is 2. The van der Waals surface area contributed by atoms with Crippen LogP contribution in [0.2, 0.25) is 0 Å². The Bertz CT molecular complexity index is 832. The van der Waals surface area contributed by atoms with Crippen molar-refractivity contribution in [3.05, 3.63) is 65.2 Å². The molecule has 2 amide bonds. The summed E-state index contributed by atoms with van der Waals surface area (Å²) in [7, 11) is 1.29. The molecule has 0 aliphatic carbocycles. The fourth-order valence-corrected chi connectivity index (χ4v) is 2.40. The molecule has 27 heavy (non-hydrogen) atoms. The van der Waals surface area contributed by atoms with Gasteiger partial charge in [0.25, 0.3) is 5.91 Å². The number of carbonyl (C=O) groups excluding carboxylic acids is 3. The number of rotatable bonds is 7. The van der Waals surface area contributed by atoms with E-state index in [4.69, 9.17) is 0 Å². The van der Waals surface area contributed by atoms with Crippen molar-refractivity contribution in [2.45, 2.75) is 26.8 Å². The molecule has 0 radical (unpaired) electrons. The van der Waals surface area contributed by atoms with Gasteiger partial charge in [0.05, 0.1) is 12.7 Å². The molecule has 0 aliphatic rings. The van der Waals surface area contributed by atoms with Crippen LogP contribution in [0.25, 0.3) is 0 Å². The van der Waals surface area contributed by atoms with E-state index in [2.05, 4.69) is 15.4 Å². The van der Waals surface area contributed by atoms with Gasteiger partial charge in [0, 0.05) is 23.7 Å². The Hall–Kier alpha value is -3.15. The van der Waals surface area contributed by atoms with Crippen LogP contribution in [0.15, 0.2) is 48.5 Å². The fourth-order valence-electron chi connectivity index (χ4n) is 2.40. The Morgan fingerprint density at radius 2 is 1.74 bits per heavy atom. The number of benzene rings is 2. The highest BCUT2D eigenvalue weighted by Crippen LogP contribution is 2.13. The van der Waals surface area contributed by atoms with Crippen molar-refractivity contribution in [2.75, 3.05) is 12.4 Å². The first kappa shape index (κ1) is 20.2. The second kappa shape index (κ2) is 9.52. The van der Waals surface area contributed by atoms with Crippen molar-refractivity contribution in [3.63, 3.8) is 0 Å². The van der Waals surface area contributed by atoms with Crippen molar-refractivity contribution in [2.24, 2.45) is 5.92 Å². The summed E-state index contributed by atoms with van der Waals surface area (Å²) in [6.45, 7) is 4.14. The van der Waals surface area contributed by atoms with Gasteiger partial charge in [0.15, 0.2) is 0 Å². The molecular formula is C21H24N2O4. The van der Waals surface area contributed by atoms with Crippen LogP contribution in [0, 0.1) is 5.92 Å². The normalized spacial score (nSPS) is 11.4. The van der Waals surface area contributed by atoms with Crippen molar-refractivity contribution >= 4 is 23.5 Å². The fraction of sp³-hybridized carbons (Fsp3) is 0.286. The maximum atomic E-state index is 12.3. The Morgan fingerprint density at radius 3 is 2.44 bits per heavy atom. The molecular weight excluding hydrogens is 344 g/mol. The summed E-state index contributed by atoms with van der Waals surface area (Å²) in [6.07, 6.45) is 0.770. The van der Waals surface area contributed by atoms with Gasteiger partial charge in [-0.3, -0.25) is 9.59 Å². The van der Waals surface area contributed by atoms with E-state index in [1.54, 1.807) is 18.2 Å². The highest BCUT2D eigenvalue weighted by atomic mass is 16.5. The molecule has 2 N–H and O–H groups in total. The molecule has 1 atom stereocenters. The molecule has 6 nitrogen and oxygen atoms in total. The predicted molar refractivity (Wildman–Crippen MR) is 103 cm³/mol. The second-order valence-corrected chi connectivity index (χ2v) is 6.25. The topological polar surface area (TPSA) is 84.5 Å². The Labute approximate surface area is 158 Å². The first-order valence-corrected chi connectivity index (χ1v) is 8.81. The SMILES string of the molecule is CC[C@@H](C)C(=O)Nc1cccc(CNC(=O)c2cccc(C(=O)OC)c2)c1. The summed E-state index contributed by atoms with van der Waals surface area (Å²) in [5.41, 5.74) is 2.24. The van der Waals surface area contributed by atoms with Gasteiger partial charge < -0.3 is 15.4 Å². The molecule has 0 unspecified atom stereocenters. The molecule has 0 fully saturated rings. The van der Waals surface area contributed by atoms with Crippen LogP contribution in [0.4, 0.5) is 5.69 Å². The minimum atomic E-state index is -0.491. The number of esters is 1. The van der Waals surface area contributed by atoms with Gasteiger partial charge in [-0.1, -0.05) is 32.0 Å². The Morgan fingerprint density at radius 1 is 1.04 bits per heavy atom. The van der Waals surface area contributed by atoms with E-state index in [-0.39, 0.29) is 17.7 Å². The zero-order valence-electron chi connectivity index (χ0n) is 15.7. The Balaban J connectivity index is 2.00. The summed E-state index contributed by atoms with van der Waals surface area (Å²) in [6, 6.07) is 13.7. The number of hydrogen-bond acceptors (Lipinski definition) is 4. The summed E-state index contributed by atoms with van der Waals surface area (Å²) < 4.78 is 4.66. The van der Waals surface area contributed by atoms with Gasteiger partial charge in [-0.05, 0) is 42.3 Å². The number of methoxy groups -OCH3 is 1. The highest BCUT2D eigenvalue weighted by molar-refractivity contribution is 5.98. The van der Waals surface area contributed by atoms with E-state index in [1.807, 2.05) is 38.1 Å². The van der Waals surface area contributed by atoms with Gasteiger partial charge in [0.2, 0.25) is 5.91 Å². The zero-order valence-corrected chi connectivity index (χ0v) is 15.7. The van der Waals surface area contributed by atoms with E-state index >= 15 is 0 Å². The molecule has 2 rings (SSSR count). The molecule has 0 saturated heterocycles. The third kappa shape index (κ3) is 5.67. The lowest BCUT2D eigenvalue weighted by atomic mass is 10.1. The number of ether oxygens (including phenoxy) is 1. The van der Waals surface area contributed by atoms with E-state index in [1.165, 1.54) is 13.2 Å². The molecule has 0 spiro atoms. The number of anilines is 1. The van der Waals surface area contributed by atoms with Crippen LogP contribution in [0.5, 0.6) is 0 Å². The van der Waals surface area contributed by atoms with E-state index in [0.29, 0.717) is 23.4 Å². The molecule has 142 valence electrons. The smallest absolute Gasteiger partial charge is 0.337 e. The Kier molecular flexibility index (Phi) is 7.11. The van der Waals surface area contributed by atoms with Crippen molar-refractivity contribution < 1.29 is 19.1 Å². The summed E-state index contributed by atoms with van der Waals surface area (Å²) in [4.78, 5) is 35.9. The average molecular weight is 368 g/mol. The summed E-state index contributed by atoms with van der Waals surface area (Å²) in [5, 5.41) is 5.69. The van der Waals surface area contributed by atoms with Crippen LogP contribution in [0.1, 0.15) is 46.5 Å². The average Bonchev–Trinajstić information content (AvgIpc) is 2.71. The van der Waals surface area contributed by atoms with E-state index in [9.17, 15) is 14.4 Å². The quantitative estimate of drug-likeness (QED) is 0.734. The van der Waals surface area contributed by atoms with Crippen molar-refractivity contribution in [3.8, 4) is 0 Å². The number of carbonyl (C=O) groups is 3. The third-order valence-corrected chi connectivity index (χ3v) is 4.25. The second-order valence-electron chi connectivity index (χ2n) is 6.25. The molecule has 0 saturated carbocycles. The molecule has 0 heterocycles. The first-order valence-electron chi connectivity index (χ1n) is 8.81. The van der Waals surface area contributed by atoms with Gasteiger partial charge in [-0.15, -0.1) is 0 Å². The standard InChI is InChI=1S/C21H24N2O4/c1-4-14(2)19(24)23-18-10-5-7-15(11-18)13-22-20(25)16-8-6-9-17(12-16)21(26)27-3/h5-12,14H,4,13H2,1-3H3,(H,22,25)(H,23,24)/t14-/m1/s1. The van der Waals surface area contributed by atoms with Gasteiger partial charge in [-0.2, -0.15) is 0 Å². The maximum Gasteiger partial charge on any atom is 0.337 e. The molecule has 0 aliphatic heterocycles. The number of hydrogen-bond donors (Lipinski definition) is 2. The molecule has 2 aromatic carbocycles. The van der Waals surface area contributed by atoms with Gasteiger partial charge in [0.1, 0.15) is 0 Å². The lowest BCUT2D eigenvalue weighted by Crippen LogP contribution is -2.23. The van der Waals surface area contributed by atoms with Crippen LogP contribution < -0.4 is 10.6 Å². The van der Waals surface area contributed by atoms with Crippen LogP contribution in [0.3, 0.4) is 0 Å². The third-order valence-electron chi connectivity index (χ3n) is 4.25. The molecule has 0 bridgehead atoms. The molecule has 2 aromatic rings. The summed E-state index contributed by atoms with van der Waals surface area (Å²) >= 11 is 0. The van der Waals surface area contributed by atoms with Gasteiger partial charge >= 0.3 is 5.97 Å². The zero-order chi connectivity index (χ0) is 19.8. The molecule has 0 aromatic heterocycles. The highest BCUT2D eigenvalue weighted by Gasteiger charge is 2.12. The van der Waals surface area contributed by atoms with E-state index in [0.717, 1.165) is 12.0 Å². The minimum Gasteiger partial charge on any atom is -0.465 e. The van der Waals surface area contributed by atoms with E-state index < -0.39 is 5.97 Å². The largest absolute Gasteiger partial charge is 0.465 e. The van der Waals surface area contributed by atoms with Crippen LogP contribution in [-0.4, -0.2) is 24.9 Å². The monoisotopic (exact) mass is 368 g/mol. The van der Waals surface area contributed by atoms with Crippen LogP contribution in [-0.2, 0) is 16.1 Å². The first-order chi connectivity index (χ1) is 12.9. The van der Waals surface area contributed by atoms with Crippen LogP contribution >= 0.6 is 0 Å². The van der Waals surface area contributed by atoms with Crippen molar-refractivity contribution in [1.29, 1.82) is 0 Å².